The molecule has 0 spiro atoms. The van der Waals surface area contributed by atoms with Crippen molar-refractivity contribution in [3.05, 3.63) is 26.5 Å². The summed E-state index contributed by atoms with van der Waals surface area (Å²) in [7, 11) is 0. The number of rotatable bonds is 2. The molecule has 12 heavy (non-hydrogen) atoms. The molecule has 0 aliphatic heterocycles. The van der Waals surface area contributed by atoms with Crippen LogP contribution in [-0.2, 0) is 0 Å². The SMILES string of the molecule is O=C(CBr)c1cc(I)cnc1Cl. The second kappa shape index (κ2) is 4.53. The molecular weight excluding hydrogens is 356 g/mol. The van der Waals surface area contributed by atoms with Gasteiger partial charge in [-0.1, -0.05) is 27.5 Å². The topological polar surface area (TPSA) is 30.0 Å². The molecule has 0 amide bonds. The van der Waals surface area contributed by atoms with Crippen molar-refractivity contribution in [3.8, 4) is 0 Å². The van der Waals surface area contributed by atoms with Crippen molar-refractivity contribution in [1.82, 2.24) is 4.98 Å². The van der Waals surface area contributed by atoms with Gasteiger partial charge in [0.15, 0.2) is 5.78 Å². The maximum atomic E-state index is 11.2. The van der Waals surface area contributed by atoms with Crippen molar-refractivity contribution < 1.29 is 4.79 Å². The first kappa shape index (κ1) is 10.4. The fraction of sp³-hybridized carbons (Fsp3) is 0.143. The molecule has 0 unspecified atom stereocenters. The summed E-state index contributed by atoms with van der Waals surface area (Å²) in [6, 6.07) is 1.72. The number of hydrogen-bond donors (Lipinski definition) is 0. The predicted octanol–water partition coefficient (Wildman–Crippen LogP) is 2.92. The van der Waals surface area contributed by atoms with Crippen molar-refractivity contribution in [2.45, 2.75) is 0 Å². The summed E-state index contributed by atoms with van der Waals surface area (Å²) in [4.78, 5) is 15.1. The number of carbonyl (C=O) groups is 1. The first-order valence-electron chi connectivity index (χ1n) is 3.05. The van der Waals surface area contributed by atoms with Gasteiger partial charge in [-0.2, -0.15) is 0 Å². The summed E-state index contributed by atoms with van der Waals surface area (Å²) in [6.07, 6.45) is 1.62. The zero-order valence-electron chi connectivity index (χ0n) is 5.85. The highest BCUT2D eigenvalue weighted by molar-refractivity contribution is 14.1. The molecule has 0 aromatic carbocycles. The predicted molar refractivity (Wildman–Crippen MR) is 60.1 cm³/mol. The lowest BCUT2D eigenvalue weighted by Crippen LogP contribution is -2.02. The third kappa shape index (κ3) is 2.40. The molecule has 1 aromatic heterocycles. The second-order valence-electron chi connectivity index (χ2n) is 2.05. The lowest BCUT2D eigenvalue weighted by molar-refractivity contribution is 0.102. The van der Waals surface area contributed by atoms with Gasteiger partial charge in [-0.15, -0.1) is 0 Å². The Labute approximate surface area is 97.0 Å². The van der Waals surface area contributed by atoms with Crippen LogP contribution in [0.4, 0.5) is 0 Å². The minimum absolute atomic E-state index is 0.0500. The van der Waals surface area contributed by atoms with E-state index in [-0.39, 0.29) is 16.3 Å². The van der Waals surface area contributed by atoms with Crippen LogP contribution in [0.25, 0.3) is 0 Å². The zero-order chi connectivity index (χ0) is 9.14. The lowest BCUT2D eigenvalue weighted by atomic mass is 10.2. The van der Waals surface area contributed by atoms with Crippen LogP contribution in [0.2, 0.25) is 5.15 Å². The van der Waals surface area contributed by atoms with Gasteiger partial charge in [0.25, 0.3) is 0 Å². The molecular formula is C7H4BrClINO. The molecule has 0 N–H and O–H groups in total. The molecule has 0 aliphatic rings. The molecule has 64 valence electrons. The van der Waals surface area contributed by atoms with E-state index in [2.05, 4.69) is 43.5 Å². The van der Waals surface area contributed by atoms with Gasteiger partial charge in [-0.05, 0) is 28.7 Å². The molecule has 0 atom stereocenters. The van der Waals surface area contributed by atoms with Crippen LogP contribution in [-0.4, -0.2) is 16.1 Å². The van der Waals surface area contributed by atoms with Crippen LogP contribution in [0.1, 0.15) is 10.4 Å². The van der Waals surface area contributed by atoms with Crippen LogP contribution in [0.3, 0.4) is 0 Å². The Bertz CT molecular complexity index is 318. The van der Waals surface area contributed by atoms with Crippen molar-refractivity contribution in [3.63, 3.8) is 0 Å². The molecule has 1 rings (SSSR count). The smallest absolute Gasteiger partial charge is 0.176 e. The highest BCUT2D eigenvalue weighted by Gasteiger charge is 2.09. The van der Waals surface area contributed by atoms with E-state index in [1.807, 2.05) is 0 Å². The van der Waals surface area contributed by atoms with E-state index in [9.17, 15) is 4.79 Å². The van der Waals surface area contributed by atoms with Gasteiger partial charge >= 0.3 is 0 Å². The van der Waals surface area contributed by atoms with Crippen LogP contribution in [0, 0.1) is 3.57 Å². The molecule has 0 aliphatic carbocycles. The van der Waals surface area contributed by atoms with Gasteiger partial charge < -0.3 is 0 Å². The van der Waals surface area contributed by atoms with Gasteiger partial charge in [-0.25, -0.2) is 4.98 Å². The second-order valence-corrected chi connectivity index (χ2v) is 4.21. The molecule has 0 bridgehead atoms. The van der Waals surface area contributed by atoms with Crippen LogP contribution < -0.4 is 0 Å². The van der Waals surface area contributed by atoms with E-state index in [0.717, 1.165) is 3.57 Å². The molecule has 2 nitrogen and oxygen atoms in total. The summed E-state index contributed by atoms with van der Waals surface area (Å²) in [5, 5.41) is 0.536. The standard InChI is InChI=1S/C7H4BrClINO/c8-2-6(12)5-1-4(10)3-11-7(5)9/h1,3H,2H2. The van der Waals surface area contributed by atoms with Crippen LogP contribution in [0.15, 0.2) is 12.3 Å². The number of alkyl halides is 1. The summed E-state index contributed by atoms with van der Waals surface area (Å²) >= 11 is 10.9. The summed E-state index contributed by atoms with van der Waals surface area (Å²) < 4.78 is 0.904. The van der Waals surface area contributed by atoms with Gasteiger partial charge in [0, 0.05) is 9.77 Å². The van der Waals surface area contributed by atoms with E-state index in [1.54, 1.807) is 12.3 Å². The van der Waals surface area contributed by atoms with Gasteiger partial charge in [-0.3, -0.25) is 4.79 Å². The minimum atomic E-state index is -0.0500. The molecule has 0 saturated carbocycles. The molecule has 0 fully saturated rings. The van der Waals surface area contributed by atoms with Crippen molar-refractivity contribution >= 4 is 55.9 Å². The maximum absolute atomic E-state index is 11.2. The summed E-state index contributed by atoms with van der Waals surface area (Å²) in [5.74, 6) is -0.0500. The highest BCUT2D eigenvalue weighted by Crippen LogP contribution is 2.16. The number of carbonyl (C=O) groups excluding carboxylic acids is 1. The Morgan fingerprint density at radius 1 is 1.75 bits per heavy atom. The fourth-order valence-corrected chi connectivity index (χ4v) is 1.65. The molecule has 5 heteroatoms. The van der Waals surface area contributed by atoms with E-state index in [1.165, 1.54) is 0 Å². The Balaban J connectivity index is 3.13. The number of aromatic nitrogens is 1. The monoisotopic (exact) mass is 359 g/mol. The molecule has 0 saturated heterocycles. The van der Waals surface area contributed by atoms with Gasteiger partial charge in [0.2, 0.25) is 0 Å². The maximum Gasteiger partial charge on any atom is 0.176 e. The normalized spacial score (nSPS) is 9.92. The number of nitrogens with zero attached hydrogens (tertiary/aromatic N) is 1. The van der Waals surface area contributed by atoms with Crippen molar-refractivity contribution in [2.75, 3.05) is 5.33 Å². The fourth-order valence-electron chi connectivity index (χ4n) is 0.690. The quantitative estimate of drug-likeness (QED) is 0.351. The average Bonchev–Trinajstić information content (AvgIpc) is 2.08. The lowest BCUT2D eigenvalue weighted by Gasteiger charge is -1.99. The van der Waals surface area contributed by atoms with Crippen molar-refractivity contribution in [1.29, 1.82) is 0 Å². The summed E-state index contributed by atoms with van der Waals surface area (Å²) in [5.41, 5.74) is 0.473. The van der Waals surface area contributed by atoms with E-state index in [4.69, 9.17) is 11.6 Å². The highest BCUT2D eigenvalue weighted by atomic mass is 127. The first-order valence-corrected chi connectivity index (χ1v) is 5.63. The number of pyridine rings is 1. The van der Waals surface area contributed by atoms with Crippen LogP contribution >= 0.6 is 50.1 Å². The van der Waals surface area contributed by atoms with Gasteiger partial charge in [0.1, 0.15) is 5.15 Å². The number of halogens is 3. The van der Waals surface area contributed by atoms with E-state index in [0.29, 0.717) is 5.56 Å². The zero-order valence-corrected chi connectivity index (χ0v) is 10.4. The Kier molecular flexibility index (Phi) is 3.92. The number of ketones is 1. The van der Waals surface area contributed by atoms with Crippen molar-refractivity contribution in [2.24, 2.45) is 0 Å². The third-order valence-corrected chi connectivity index (χ3v) is 2.63. The summed E-state index contributed by atoms with van der Waals surface area (Å²) in [6.45, 7) is 0. The molecule has 1 heterocycles. The van der Waals surface area contributed by atoms with Gasteiger partial charge in [0.05, 0.1) is 10.9 Å². The Morgan fingerprint density at radius 3 is 3.00 bits per heavy atom. The Hall–Kier alpha value is 0.320. The minimum Gasteiger partial charge on any atom is -0.293 e. The number of hydrogen-bond acceptors (Lipinski definition) is 2. The molecule has 0 radical (unpaired) electrons. The van der Waals surface area contributed by atoms with E-state index >= 15 is 0 Å². The van der Waals surface area contributed by atoms with Crippen LogP contribution in [0.5, 0.6) is 0 Å². The van der Waals surface area contributed by atoms with E-state index < -0.39 is 0 Å². The molecule has 1 aromatic rings. The third-order valence-electron chi connectivity index (χ3n) is 1.23. The Morgan fingerprint density at radius 2 is 2.42 bits per heavy atom. The number of Topliss-reactive ketones (excluding diaryl/α,β-unsaturated/α-hetero) is 1. The largest absolute Gasteiger partial charge is 0.293 e. The average molecular weight is 360 g/mol. The first-order chi connectivity index (χ1) is 5.65.